The van der Waals surface area contributed by atoms with Crippen molar-refractivity contribution in [2.24, 2.45) is 0 Å². The zero-order chi connectivity index (χ0) is 16.4. The molecule has 0 aliphatic carbocycles. The van der Waals surface area contributed by atoms with E-state index >= 15 is 0 Å². The second kappa shape index (κ2) is 6.52. The number of aromatic nitrogens is 3. The van der Waals surface area contributed by atoms with Crippen LogP contribution in [0.15, 0.2) is 24.3 Å². The van der Waals surface area contributed by atoms with E-state index in [-0.39, 0.29) is 6.10 Å². The second-order valence-electron chi connectivity index (χ2n) is 5.53. The molecule has 0 bridgehead atoms. The number of ether oxygens (including phenoxy) is 2. The van der Waals surface area contributed by atoms with Crippen LogP contribution in [0.4, 0.5) is 5.82 Å². The summed E-state index contributed by atoms with van der Waals surface area (Å²) in [7, 11) is 1.71. The van der Waals surface area contributed by atoms with Crippen molar-refractivity contribution in [3.8, 4) is 0 Å². The highest BCUT2D eigenvalue weighted by Gasteiger charge is 2.18. The van der Waals surface area contributed by atoms with Crippen LogP contribution in [0.1, 0.15) is 19.7 Å². The van der Waals surface area contributed by atoms with Crippen LogP contribution < -0.4 is 5.73 Å². The summed E-state index contributed by atoms with van der Waals surface area (Å²) in [5.41, 5.74) is 8.72. The van der Waals surface area contributed by atoms with Crippen LogP contribution in [0.3, 0.4) is 0 Å². The van der Waals surface area contributed by atoms with Gasteiger partial charge in [-0.1, -0.05) is 18.2 Å². The molecule has 0 aliphatic heterocycles. The number of rotatable bonds is 6. The van der Waals surface area contributed by atoms with Crippen molar-refractivity contribution in [3.05, 3.63) is 30.1 Å². The molecule has 0 amide bonds. The maximum atomic E-state index is 6.14. The maximum absolute atomic E-state index is 6.14. The Bertz CT molecular complexity index is 828. The Labute approximate surface area is 135 Å². The standard InChI is InChI=1S/C17H22N4O2/c1-4-23-10-14-20-15-16(21(14)9-11(2)22-3)12-7-5-6-8-13(12)19-17(15)18/h5-8,11H,4,9-10H2,1-3H3,(H2,18,19)/t11-/m1/s1. The Morgan fingerprint density at radius 3 is 2.78 bits per heavy atom. The first-order chi connectivity index (χ1) is 11.2. The van der Waals surface area contributed by atoms with Crippen molar-refractivity contribution in [1.29, 1.82) is 0 Å². The third-order valence-corrected chi connectivity index (χ3v) is 3.97. The molecule has 6 nitrogen and oxygen atoms in total. The molecule has 0 radical (unpaired) electrons. The monoisotopic (exact) mass is 314 g/mol. The number of methoxy groups -OCH3 is 1. The van der Waals surface area contributed by atoms with E-state index in [1.54, 1.807) is 7.11 Å². The average molecular weight is 314 g/mol. The molecule has 2 N–H and O–H groups in total. The van der Waals surface area contributed by atoms with Crippen LogP contribution in [0.25, 0.3) is 21.9 Å². The Morgan fingerprint density at radius 1 is 1.26 bits per heavy atom. The van der Waals surface area contributed by atoms with Gasteiger partial charge in [0, 0.05) is 19.1 Å². The number of nitrogen functional groups attached to an aromatic ring is 1. The average Bonchev–Trinajstić information content (AvgIpc) is 2.92. The van der Waals surface area contributed by atoms with Crippen LogP contribution >= 0.6 is 0 Å². The zero-order valence-corrected chi connectivity index (χ0v) is 13.7. The molecule has 23 heavy (non-hydrogen) atoms. The predicted molar refractivity (Wildman–Crippen MR) is 91.2 cm³/mol. The van der Waals surface area contributed by atoms with Crippen molar-refractivity contribution >= 4 is 27.8 Å². The van der Waals surface area contributed by atoms with E-state index < -0.39 is 0 Å². The molecule has 0 saturated heterocycles. The quantitative estimate of drug-likeness (QED) is 0.757. The van der Waals surface area contributed by atoms with Gasteiger partial charge in [0.15, 0.2) is 5.82 Å². The molecule has 3 aromatic rings. The number of fused-ring (bicyclic) bond motifs is 3. The summed E-state index contributed by atoms with van der Waals surface area (Å²) in [6, 6.07) is 7.97. The van der Waals surface area contributed by atoms with E-state index in [4.69, 9.17) is 15.2 Å². The van der Waals surface area contributed by atoms with E-state index in [2.05, 4.69) is 14.5 Å². The van der Waals surface area contributed by atoms with Crippen molar-refractivity contribution in [2.75, 3.05) is 19.5 Å². The fraction of sp³-hybridized carbons (Fsp3) is 0.412. The minimum absolute atomic E-state index is 0.0564. The van der Waals surface area contributed by atoms with Gasteiger partial charge in [-0.15, -0.1) is 0 Å². The minimum atomic E-state index is 0.0564. The highest BCUT2D eigenvalue weighted by Crippen LogP contribution is 2.29. The number of benzene rings is 1. The van der Waals surface area contributed by atoms with Gasteiger partial charge < -0.3 is 19.8 Å². The van der Waals surface area contributed by atoms with Gasteiger partial charge in [-0.3, -0.25) is 0 Å². The topological polar surface area (TPSA) is 75.2 Å². The zero-order valence-electron chi connectivity index (χ0n) is 13.7. The fourth-order valence-corrected chi connectivity index (χ4v) is 2.74. The molecule has 122 valence electrons. The molecule has 3 rings (SSSR count). The number of nitrogens with zero attached hydrogens (tertiary/aromatic N) is 3. The number of nitrogens with two attached hydrogens (primary N) is 1. The van der Waals surface area contributed by atoms with Gasteiger partial charge in [0.25, 0.3) is 0 Å². The Balaban J connectivity index is 2.28. The van der Waals surface area contributed by atoms with Crippen LogP contribution in [-0.2, 0) is 22.6 Å². The number of anilines is 1. The van der Waals surface area contributed by atoms with Gasteiger partial charge >= 0.3 is 0 Å². The molecule has 0 unspecified atom stereocenters. The van der Waals surface area contributed by atoms with Gasteiger partial charge in [-0.2, -0.15) is 0 Å². The lowest BCUT2D eigenvalue weighted by atomic mass is 10.2. The third kappa shape index (κ3) is 2.87. The van der Waals surface area contributed by atoms with Crippen molar-refractivity contribution in [3.63, 3.8) is 0 Å². The minimum Gasteiger partial charge on any atom is -0.382 e. The van der Waals surface area contributed by atoms with Crippen LogP contribution in [0.2, 0.25) is 0 Å². The molecular formula is C17H22N4O2. The van der Waals surface area contributed by atoms with Gasteiger partial charge in [0.05, 0.1) is 23.7 Å². The molecule has 1 atom stereocenters. The first-order valence-electron chi connectivity index (χ1n) is 7.79. The maximum Gasteiger partial charge on any atom is 0.152 e. The molecule has 0 saturated carbocycles. The lowest BCUT2D eigenvalue weighted by molar-refractivity contribution is 0.0960. The van der Waals surface area contributed by atoms with Gasteiger partial charge in [0.2, 0.25) is 0 Å². The number of imidazole rings is 1. The summed E-state index contributed by atoms with van der Waals surface area (Å²) in [6.07, 6.45) is 0.0564. The Kier molecular flexibility index (Phi) is 4.45. The first-order valence-corrected chi connectivity index (χ1v) is 7.79. The molecule has 0 aliphatic rings. The summed E-state index contributed by atoms with van der Waals surface area (Å²) >= 11 is 0. The number of pyridine rings is 1. The molecular weight excluding hydrogens is 292 g/mol. The molecule has 2 heterocycles. The van der Waals surface area contributed by atoms with Gasteiger partial charge in [0.1, 0.15) is 17.9 Å². The van der Waals surface area contributed by atoms with Crippen LogP contribution in [0.5, 0.6) is 0 Å². The highest BCUT2D eigenvalue weighted by atomic mass is 16.5. The molecule has 0 fully saturated rings. The summed E-state index contributed by atoms with van der Waals surface area (Å²) in [5.74, 6) is 1.29. The Morgan fingerprint density at radius 2 is 2.04 bits per heavy atom. The largest absolute Gasteiger partial charge is 0.382 e. The summed E-state index contributed by atoms with van der Waals surface area (Å²) in [6.45, 7) is 5.76. The smallest absolute Gasteiger partial charge is 0.152 e. The fourth-order valence-electron chi connectivity index (χ4n) is 2.74. The molecule has 0 spiro atoms. The van der Waals surface area contributed by atoms with Crippen LogP contribution in [0, 0.1) is 0 Å². The molecule has 2 aromatic heterocycles. The highest BCUT2D eigenvalue weighted by molar-refractivity contribution is 6.06. The van der Waals surface area contributed by atoms with Crippen molar-refractivity contribution in [1.82, 2.24) is 14.5 Å². The molecule has 1 aromatic carbocycles. The molecule has 6 heteroatoms. The number of hydrogen-bond donors (Lipinski definition) is 1. The summed E-state index contributed by atoms with van der Waals surface area (Å²) in [5, 5.41) is 1.04. The lowest BCUT2D eigenvalue weighted by Gasteiger charge is -2.15. The van der Waals surface area contributed by atoms with E-state index in [9.17, 15) is 0 Å². The van der Waals surface area contributed by atoms with E-state index in [0.717, 1.165) is 27.8 Å². The lowest BCUT2D eigenvalue weighted by Crippen LogP contribution is -2.17. The van der Waals surface area contributed by atoms with Crippen molar-refractivity contribution < 1.29 is 9.47 Å². The number of hydrogen-bond acceptors (Lipinski definition) is 5. The van der Waals surface area contributed by atoms with E-state index in [1.807, 2.05) is 38.1 Å². The predicted octanol–water partition coefficient (Wildman–Crippen LogP) is 2.74. The van der Waals surface area contributed by atoms with Crippen molar-refractivity contribution in [2.45, 2.75) is 33.1 Å². The summed E-state index contributed by atoms with van der Waals surface area (Å²) < 4.78 is 13.1. The van der Waals surface area contributed by atoms with Crippen LogP contribution in [-0.4, -0.2) is 34.4 Å². The number of para-hydroxylation sites is 1. The SMILES string of the molecule is CCOCc1nc2c(N)nc3ccccc3c2n1C[C@@H](C)OC. The van der Waals surface area contributed by atoms with Gasteiger partial charge in [-0.05, 0) is 19.9 Å². The Hall–Kier alpha value is -2.18. The van der Waals surface area contributed by atoms with Gasteiger partial charge in [-0.25, -0.2) is 9.97 Å². The van der Waals surface area contributed by atoms with E-state index in [0.29, 0.717) is 25.6 Å². The summed E-state index contributed by atoms with van der Waals surface area (Å²) in [4.78, 5) is 9.15. The normalized spacial score (nSPS) is 13.0. The van der Waals surface area contributed by atoms with E-state index in [1.165, 1.54) is 0 Å². The second-order valence-corrected chi connectivity index (χ2v) is 5.53. The third-order valence-electron chi connectivity index (χ3n) is 3.97. The first kappa shape index (κ1) is 15.7.